The largest absolute Gasteiger partial charge is 0.860 e. The van der Waals surface area contributed by atoms with Crippen molar-refractivity contribution in [3.63, 3.8) is 0 Å². The van der Waals surface area contributed by atoms with Gasteiger partial charge in [0.25, 0.3) is 0 Å². The van der Waals surface area contributed by atoms with Crippen molar-refractivity contribution in [1.82, 2.24) is 4.98 Å². The standard InChI is InChI=1S/C13H6N2O3S.C6H15N/c14-5-7-9-6-3-1-2-4-8(6)18-13(17)10(9)11(16)15-12(7)19;1-4-7(5-2)6-3/h1-4H,(H2,15,16,19);4-6H2,1-3H3. The SMILES string of the molecule is CC[NH+](CC)CC.N#Cc1c(=S)[nH]c([O-])c2c(=O)oc3ccccc3c12. The Bertz CT molecular complexity index is 1070. The maximum Gasteiger partial charge on any atom is 0.345 e. The Hall–Kier alpha value is -2.69. The number of hydrogen-bond donors (Lipinski definition) is 2. The van der Waals surface area contributed by atoms with Gasteiger partial charge in [0.05, 0.1) is 30.6 Å². The van der Waals surface area contributed by atoms with Crippen molar-refractivity contribution in [3.8, 4) is 11.9 Å². The number of fused-ring (bicyclic) bond motifs is 3. The Morgan fingerprint density at radius 1 is 1.19 bits per heavy atom. The molecule has 7 heteroatoms. The molecule has 1 aromatic carbocycles. The van der Waals surface area contributed by atoms with Crippen LogP contribution in [0.3, 0.4) is 0 Å². The molecule has 0 atom stereocenters. The molecule has 0 aliphatic rings. The van der Waals surface area contributed by atoms with Gasteiger partial charge in [0.15, 0.2) is 0 Å². The minimum Gasteiger partial charge on any atom is -0.860 e. The average molecular weight is 371 g/mol. The van der Waals surface area contributed by atoms with E-state index < -0.39 is 11.5 Å². The van der Waals surface area contributed by atoms with Crippen molar-refractivity contribution in [2.24, 2.45) is 0 Å². The molecule has 0 aliphatic heterocycles. The van der Waals surface area contributed by atoms with Gasteiger partial charge < -0.3 is 19.4 Å². The fourth-order valence-electron chi connectivity index (χ4n) is 2.81. The molecule has 0 spiro atoms. The molecule has 2 aromatic heterocycles. The number of H-pyrrole nitrogens is 1. The zero-order chi connectivity index (χ0) is 19.3. The summed E-state index contributed by atoms with van der Waals surface area (Å²) in [7, 11) is 0. The van der Waals surface area contributed by atoms with Crippen molar-refractivity contribution < 1.29 is 14.4 Å². The van der Waals surface area contributed by atoms with E-state index in [-0.39, 0.29) is 21.0 Å². The summed E-state index contributed by atoms with van der Waals surface area (Å²) < 4.78 is 5.10. The summed E-state index contributed by atoms with van der Waals surface area (Å²) in [5, 5.41) is 21.6. The first-order chi connectivity index (χ1) is 12.5. The van der Waals surface area contributed by atoms with Crippen molar-refractivity contribution in [2.75, 3.05) is 19.6 Å². The van der Waals surface area contributed by atoms with E-state index in [1.165, 1.54) is 19.6 Å². The maximum atomic E-state index is 11.9. The third kappa shape index (κ3) is 3.77. The zero-order valence-electron chi connectivity index (χ0n) is 15.0. The van der Waals surface area contributed by atoms with Crippen molar-refractivity contribution in [2.45, 2.75) is 20.8 Å². The van der Waals surface area contributed by atoms with Crippen LogP contribution in [-0.2, 0) is 0 Å². The molecule has 3 aromatic rings. The Kier molecular flexibility index (Phi) is 6.50. The number of aromatic nitrogens is 1. The predicted octanol–water partition coefficient (Wildman–Crippen LogP) is 1.88. The topological polar surface area (TPSA) is 97.3 Å². The lowest BCUT2D eigenvalue weighted by atomic mass is 10.1. The van der Waals surface area contributed by atoms with E-state index in [4.69, 9.17) is 16.6 Å². The molecule has 136 valence electrons. The molecule has 0 bridgehead atoms. The van der Waals surface area contributed by atoms with E-state index in [0.29, 0.717) is 11.0 Å². The summed E-state index contributed by atoms with van der Waals surface area (Å²) in [6, 6.07) is 8.63. The van der Waals surface area contributed by atoms with E-state index in [0.717, 1.165) is 0 Å². The second-order valence-electron chi connectivity index (χ2n) is 5.72. The lowest BCUT2D eigenvalue weighted by molar-refractivity contribution is -0.894. The van der Waals surface area contributed by atoms with E-state index in [1.54, 1.807) is 29.2 Å². The van der Waals surface area contributed by atoms with Gasteiger partial charge in [0.2, 0.25) is 0 Å². The highest BCUT2D eigenvalue weighted by Crippen LogP contribution is 2.28. The fourth-order valence-corrected chi connectivity index (χ4v) is 3.05. The predicted molar refractivity (Wildman–Crippen MR) is 102 cm³/mol. The van der Waals surface area contributed by atoms with Gasteiger partial charge in [-0.2, -0.15) is 5.26 Å². The third-order valence-corrected chi connectivity index (χ3v) is 4.66. The third-order valence-electron chi connectivity index (χ3n) is 4.36. The quantitative estimate of drug-likeness (QED) is 0.416. The van der Waals surface area contributed by atoms with Crippen LogP contribution in [0.15, 0.2) is 33.5 Å². The van der Waals surface area contributed by atoms with Gasteiger partial charge in [-0.05, 0) is 32.7 Å². The number of benzene rings is 1. The highest BCUT2D eigenvalue weighted by molar-refractivity contribution is 7.71. The monoisotopic (exact) mass is 371 g/mol. The highest BCUT2D eigenvalue weighted by Gasteiger charge is 2.13. The molecule has 0 saturated heterocycles. The molecular weight excluding hydrogens is 350 g/mol. The van der Waals surface area contributed by atoms with Crippen LogP contribution in [0.4, 0.5) is 0 Å². The van der Waals surface area contributed by atoms with E-state index >= 15 is 0 Å². The summed E-state index contributed by atoms with van der Waals surface area (Å²) in [5.74, 6) is -0.640. The van der Waals surface area contributed by atoms with Crippen LogP contribution < -0.4 is 15.6 Å². The zero-order valence-corrected chi connectivity index (χ0v) is 15.8. The Morgan fingerprint density at radius 3 is 2.35 bits per heavy atom. The summed E-state index contributed by atoms with van der Waals surface area (Å²) in [5.41, 5.74) is -0.355. The van der Waals surface area contributed by atoms with Crippen LogP contribution in [0.25, 0.3) is 21.7 Å². The molecule has 2 N–H and O–H groups in total. The lowest BCUT2D eigenvalue weighted by Crippen LogP contribution is -3.11. The summed E-state index contributed by atoms with van der Waals surface area (Å²) in [6.45, 7) is 10.5. The first-order valence-electron chi connectivity index (χ1n) is 8.50. The number of nitriles is 1. The van der Waals surface area contributed by atoms with Gasteiger partial charge in [0.1, 0.15) is 16.3 Å². The van der Waals surface area contributed by atoms with E-state index in [1.807, 2.05) is 6.07 Å². The Morgan fingerprint density at radius 2 is 1.81 bits per heavy atom. The summed E-state index contributed by atoms with van der Waals surface area (Å²) in [4.78, 5) is 15.9. The van der Waals surface area contributed by atoms with Crippen molar-refractivity contribution >= 4 is 34.0 Å². The second-order valence-corrected chi connectivity index (χ2v) is 6.12. The van der Waals surface area contributed by atoms with Crippen molar-refractivity contribution in [3.05, 3.63) is 44.9 Å². The van der Waals surface area contributed by atoms with Crippen LogP contribution in [0.2, 0.25) is 0 Å². The minimum absolute atomic E-state index is 0.0238. The molecule has 26 heavy (non-hydrogen) atoms. The molecule has 0 unspecified atom stereocenters. The van der Waals surface area contributed by atoms with Gasteiger partial charge >= 0.3 is 5.63 Å². The number of para-hydroxylation sites is 1. The lowest BCUT2D eigenvalue weighted by Gasteiger charge is -2.12. The van der Waals surface area contributed by atoms with Crippen LogP contribution in [0.5, 0.6) is 5.88 Å². The summed E-state index contributed by atoms with van der Waals surface area (Å²) in [6.07, 6.45) is 0. The minimum atomic E-state index is -0.776. The van der Waals surface area contributed by atoms with Gasteiger partial charge in [-0.25, -0.2) is 4.79 Å². The molecule has 0 aliphatic carbocycles. The molecule has 0 amide bonds. The first kappa shape index (κ1) is 19.6. The van der Waals surface area contributed by atoms with E-state index in [2.05, 4.69) is 25.8 Å². The van der Waals surface area contributed by atoms with Crippen LogP contribution in [0.1, 0.15) is 26.3 Å². The molecule has 0 fully saturated rings. The van der Waals surface area contributed by atoms with Crippen LogP contribution >= 0.6 is 12.2 Å². The van der Waals surface area contributed by atoms with Gasteiger partial charge in [-0.15, -0.1) is 0 Å². The number of rotatable bonds is 3. The molecule has 6 nitrogen and oxygen atoms in total. The number of nitrogens with zero attached hydrogens (tertiary/aromatic N) is 1. The first-order valence-corrected chi connectivity index (χ1v) is 8.91. The smallest absolute Gasteiger partial charge is 0.345 e. The molecule has 0 radical (unpaired) electrons. The molecule has 2 heterocycles. The van der Waals surface area contributed by atoms with Gasteiger partial charge in [0, 0.05) is 10.8 Å². The number of hydrogen-bond acceptors (Lipinski definition) is 5. The number of quaternary nitrogens is 1. The van der Waals surface area contributed by atoms with E-state index in [9.17, 15) is 15.2 Å². The second kappa shape index (κ2) is 8.61. The number of pyridine rings is 1. The Balaban J connectivity index is 0.000000298. The van der Waals surface area contributed by atoms with Gasteiger partial charge in [-0.1, -0.05) is 30.4 Å². The molecule has 3 rings (SSSR count). The molecule has 0 saturated carbocycles. The molecular formula is C19H21N3O3S. The van der Waals surface area contributed by atoms with Crippen LogP contribution in [0, 0.1) is 16.0 Å². The Labute approximate surface area is 156 Å². The fraction of sp³-hybridized carbons (Fsp3) is 0.316. The number of nitrogens with one attached hydrogen (secondary N) is 2. The normalized spacial score (nSPS) is 10.6. The van der Waals surface area contributed by atoms with Crippen molar-refractivity contribution in [1.29, 1.82) is 5.26 Å². The van der Waals surface area contributed by atoms with Gasteiger partial charge in [-0.3, -0.25) is 0 Å². The summed E-state index contributed by atoms with van der Waals surface area (Å²) >= 11 is 4.96. The maximum absolute atomic E-state index is 11.9. The average Bonchev–Trinajstić information content (AvgIpc) is 2.63. The van der Waals surface area contributed by atoms with Crippen LogP contribution in [-0.4, -0.2) is 24.6 Å². The number of aromatic amines is 1. The highest BCUT2D eigenvalue weighted by atomic mass is 32.1.